The number of ether oxygens (including phenoxy) is 3. The Morgan fingerprint density at radius 1 is 0.263 bits per heavy atom. The number of carbonyl (C=O) groups excluding carboxylic acids is 3. The largest absolute Gasteiger partial charge is 0.462 e. The molecule has 0 aliphatic rings. The first-order chi connectivity index (χ1) is 37.5. The highest BCUT2D eigenvalue weighted by atomic mass is 16.6. The number of esters is 3. The summed E-state index contributed by atoms with van der Waals surface area (Å²) >= 11 is 0. The van der Waals surface area contributed by atoms with Crippen LogP contribution < -0.4 is 0 Å². The topological polar surface area (TPSA) is 78.9 Å². The van der Waals surface area contributed by atoms with E-state index in [1.54, 1.807) is 0 Å². The zero-order chi connectivity index (χ0) is 55.0. The summed E-state index contributed by atoms with van der Waals surface area (Å²) < 4.78 is 16.9. The van der Waals surface area contributed by atoms with Crippen LogP contribution in [0.3, 0.4) is 0 Å². The number of allylic oxidation sites excluding steroid dienone is 6. The Labute approximate surface area is 474 Å². The predicted octanol–water partition coefficient (Wildman–Crippen LogP) is 23.2. The van der Waals surface area contributed by atoms with E-state index in [0.717, 1.165) is 70.6 Å². The molecular weight excluding hydrogens is 937 g/mol. The van der Waals surface area contributed by atoms with Crippen LogP contribution in [0.4, 0.5) is 0 Å². The number of carbonyl (C=O) groups is 3. The lowest BCUT2D eigenvalue weighted by molar-refractivity contribution is -0.167. The summed E-state index contributed by atoms with van der Waals surface area (Å²) in [7, 11) is 0. The van der Waals surface area contributed by atoms with Crippen molar-refractivity contribution >= 4 is 17.9 Å². The van der Waals surface area contributed by atoms with Crippen molar-refractivity contribution in [3.63, 3.8) is 0 Å². The second kappa shape index (κ2) is 65.2. The molecule has 0 saturated carbocycles. The molecule has 0 aliphatic heterocycles. The van der Waals surface area contributed by atoms with Crippen LogP contribution in [0.1, 0.15) is 374 Å². The Morgan fingerprint density at radius 2 is 0.474 bits per heavy atom. The Bertz CT molecular complexity index is 1270. The maximum absolute atomic E-state index is 12.9. The molecule has 1 unspecified atom stereocenters. The monoisotopic (exact) mass is 1070 g/mol. The maximum Gasteiger partial charge on any atom is 0.306 e. The van der Waals surface area contributed by atoms with Gasteiger partial charge in [-0.05, 0) is 57.8 Å². The van der Waals surface area contributed by atoms with Gasteiger partial charge in [0.1, 0.15) is 13.2 Å². The van der Waals surface area contributed by atoms with Crippen LogP contribution in [-0.4, -0.2) is 37.2 Å². The third kappa shape index (κ3) is 62.5. The van der Waals surface area contributed by atoms with Crippen molar-refractivity contribution in [3.8, 4) is 0 Å². The van der Waals surface area contributed by atoms with Crippen molar-refractivity contribution in [1.82, 2.24) is 0 Å². The van der Waals surface area contributed by atoms with Crippen molar-refractivity contribution in [1.29, 1.82) is 0 Å². The lowest BCUT2D eigenvalue weighted by Crippen LogP contribution is -2.30. The highest BCUT2D eigenvalue weighted by Crippen LogP contribution is 2.18. The third-order valence-electron chi connectivity index (χ3n) is 15.4. The van der Waals surface area contributed by atoms with Gasteiger partial charge >= 0.3 is 17.9 Å². The average Bonchev–Trinajstić information content (AvgIpc) is 3.42. The minimum Gasteiger partial charge on any atom is -0.462 e. The fourth-order valence-corrected chi connectivity index (χ4v) is 10.3. The van der Waals surface area contributed by atoms with E-state index in [1.165, 1.54) is 263 Å². The second-order valence-electron chi connectivity index (χ2n) is 23.1. The van der Waals surface area contributed by atoms with Crippen LogP contribution in [0.2, 0.25) is 0 Å². The standard InChI is InChI=1S/C70H130O6/c1-4-7-10-13-16-19-22-24-26-27-28-29-30-31-32-33-34-35-36-37-38-39-40-41-42-43-44-46-48-51-54-57-60-63-69(72)75-66-67(65-74-68(71)62-59-56-53-50-47-21-18-15-12-9-6-3)76-70(73)64-61-58-55-52-49-45-25-23-20-17-14-11-8-5-2/h22,24,27-28,30-31,67H,4-21,23,25-26,29,32-66H2,1-3H3/b24-22-,28-27-,31-30-. The highest BCUT2D eigenvalue weighted by Gasteiger charge is 2.19. The summed E-state index contributed by atoms with van der Waals surface area (Å²) in [4.78, 5) is 38.2. The van der Waals surface area contributed by atoms with Crippen LogP contribution in [0.15, 0.2) is 36.5 Å². The van der Waals surface area contributed by atoms with E-state index in [4.69, 9.17) is 14.2 Å². The van der Waals surface area contributed by atoms with E-state index < -0.39 is 6.10 Å². The molecule has 0 amide bonds. The molecule has 0 aromatic heterocycles. The van der Waals surface area contributed by atoms with Gasteiger partial charge in [0.05, 0.1) is 0 Å². The smallest absolute Gasteiger partial charge is 0.306 e. The van der Waals surface area contributed by atoms with E-state index in [1.807, 2.05) is 0 Å². The van der Waals surface area contributed by atoms with Gasteiger partial charge in [-0.25, -0.2) is 0 Å². The Kier molecular flexibility index (Phi) is 63.1. The van der Waals surface area contributed by atoms with Gasteiger partial charge in [-0.15, -0.1) is 0 Å². The summed E-state index contributed by atoms with van der Waals surface area (Å²) in [6.45, 7) is 6.68. The van der Waals surface area contributed by atoms with Gasteiger partial charge in [-0.1, -0.05) is 333 Å². The molecule has 0 aromatic rings. The zero-order valence-corrected chi connectivity index (χ0v) is 51.3. The van der Waals surface area contributed by atoms with Crippen molar-refractivity contribution in [2.45, 2.75) is 380 Å². The lowest BCUT2D eigenvalue weighted by Gasteiger charge is -2.18. The fourth-order valence-electron chi connectivity index (χ4n) is 10.3. The van der Waals surface area contributed by atoms with Crippen LogP contribution >= 0.6 is 0 Å². The van der Waals surface area contributed by atoms with Gasteiger partial charge in [0, 0.05) is 19.3 Å². The first-order valence-electron chi connectivity index (χ1n) is 34.0. The zero-order valence-electron chi connectivity index (χ0n) is 51.3. The quantitative estimate of drug-likeness (QED) is 0.0261. The normalized spacial score (nSPS) is 12.2. The summed E-state index contributed by atoms with van der Waals surface area (Å²) in [5, 5.41) is 0. The molecule has 0 rings (SSSR count). The van der Waals surface area contributed by atoms with Crippen molar-refractivity contribution in [2.24, 2.45) is 0 Å². The number of hydrogen-bond acceptors (Lipinski definition) is 6. The fraction of sp³-hybridized carbons (Fsp3) is 0.871. The van der Waals surface area contributed by atoms with Gasteiger partial charge in [0.2, 0.25) is 0 Å². The van der Waals surface area contributed by atoms with Crippen molar-refractivity contribution < 1.29 is 28.6 Å². The van der Waals surface area contributed by atoms with Gasteiger partial charge in [-0.2, -0.15) is 0 Å². The van der Waals surface area contributed by atoms with Crippen molar-refractivity contribution in [2.75, 3.05) is 13.2 Å². The lowest BCUT2D eigenvalue weighted by atomic mass is 10.0. The molecule has 1 atom stereocenters. The maximum atomic E-state index is 12.9. The molecule has 0 spiro atoms. The molecule has 0 fully saturated rings. The molecule has 0 bridgehead atoms. The van der Waals surface area contributed by atoms with Gasteiger partial charge in [-0.3, -0.25) is 14.4 Å². The molecule has 6 nitrogen and oxygen atoms in total. The van der Waals surface area contributed by atoms with Crippen LogP contribution in [0.25, 0.3) is 0 Å². The molecule has 76 heavy (non-hydrogen) atoms. The first-order valence-corrected chi connectivity index (χ1v) is 34.0. The molecule has 446 valence electrons. The molecule has 0 N–H and O–H groups in total. The predicted molar refractivity (Wildman–Crippen MR) is 330 cm³/mol. The minimum atomic E-state index is -0.765. The van der Waals surface area contributed by atoms with E-state index in [-0.39, 0.29) is 31.1 Å². The van der Waals surface area contributed by atoms with E-state index in [0.29, 0.717) is 19.3 Å². The van der Waals surface area contributed by atoms with Crippen LogP contribution in [-0.2, 0) is 28.6 Å². The Hall–Kier alpha value is -2.37. The van der Waals surface area contributed by atoms with Crippen LogP contribution in [0, 0.1) is 0 Å². The molecule has 6 heteroatoms. The summed E-state index contributed by atoms with van der Waals surface area (Å²) in [6.07, 6.45) is 80.4. The van der Waals surface area contributed by atoms with E-state index in [9.17, 15) is 14.4 Å². The molecule has 0 radical (unpaired) electrons. The molecular formula is C70H130O6. The summed E-state index contributed by atoms with van der Waals surface area (Å²) in [5.74, 6) is -0.839. The Morgan fingerprint density at radius 3 is 0.737 bits per heavy atom. The van der Waals surface area contributed by atoms with Crippen molar-refractivity contribution in [3.05, 3.63) is 36.5 Å². The summed E-state index contributed by atoms with van der Waals surface area (Å²) in [6, 6.07) is 0. The molecule has 0 heterocycles. The highest BCUT2D eigenvalue weighted by molar-refractivity contribution is 5.71. The average molecular weight is 1070 g/mol. The number of unbranched alkanes of at least 4 members (excludes halogenated alkanes) is 46. The van der Waals surface area contributed by atoms with Gasteiger partial charge < -0.3 is 14.2 Å². The second-order valence-corrected chi connectivity index (χ2v) is 23.1. The van der Waals surface area contributed by atoms with Gasteiger partial charge in [0.25, 0.3) is 0 Å². The van der Waals surface area contributed by atoms with Crippen LogP contribution in [0.5, 0.6) is 0 Å². The third-order valence-corrected chi connectivity index (χ3v) is 15.4. The molecule has 0 aliphatic carbocycles. The Balaban J connectivity index is 4.05. The minimum absolute atomic E-state index is 0.0647. The SMILES string of the molecule is CCCCCCC/C=C\C/C=C\C/C=C\CCCCCCCCCCCCCCCCCCCCC(=O)OCC(COC(=O)CCCCCCCCCCCCC)OC(=O)CCCCCCCCCCCCCCCC. The summed E-state index contributed by atoms with van der Waals surface area (Å²) in [5.41, 5.74) is 0. The van der Waals surface area contributed by atoms with Gasteiger partial charge in [0.15, 0.2) is 6.10 Å². The number of hydrogen-bond donors (Lipinski definition) is 0. The number of rotatable bonds is 63. The van der Waals surface area contributed by atoms with E-state index in [2.05, 4.69) is 57.2 Å². The molecule has 0 aromatic carbocycles. The first kappa shape index (κ1) is 73.6. The van der Waals surface area contributed by atoms with E-state index >= 15 is 0 Å². The molecule has 0 saturated heterocycles.